The summed E-state index contributed by atoms with van der Waals surface area (Å²) in [6.45, 7) is 0. The molecular formula is C19H22F2N4S. The van der Waals surface area contributed by atoms with Gasteiger partial charge in [0.1, 0.15) is 5.69 Å². The van der Waals surface area contributed by atoms with E-state index in [0.717, 1.165) is 29.9 Å². The Bertz CT molecular complexity index is 863. The minimum atomic E-state index is -2.49. The van der Waals surface area contributed by atoms with Crippen LogP contribution in [0.15, 0.2) is 24.7 Å². The van der Waals surface area contributed by atoms with Gasteiger partial charge in [-0.15, -0.1) is 0 Å². The summed E-state index contributed by atoms with van der Waals surface area (Å²) < 4.78 is 27.6. The summed E-state index contributed by atoms with van der Waals surface area (Å²) in [7, 11) is 0. The molecule has 1 saturated carbocycles. The predicted molar refractivity (Wildman–Crippen MR) is 98.7 cm³/mol. The number of hydrogen-bond acceptors (Lipinski definition) is 4. The molecule has 3 aromatic rings. The molecule has 0 N–H and O–H groups in total. The number of nitrogens with zero attached hydrogens (tertiary/aromatic N) is 4. The molecule has 26 heavy (non-hydrogen) atoms. The Morgan fingerprint density at radius 3 is 2.50 bits per heavy atom. The Morgan fingerprint density at radius 2 is 1.77 bits per heavy atom. The van der Waals surface area contributed by atoms with E-state index >= 15 is 0 Å². The van der Waals surface area contributed by atoms with Crippen molar-refractivity contribution in [1.29, 1.82) is 0 Å². The van der Waals surface area contributed by atoms with E-state index < -0.39 is 6.43 Å². The van der Waals surface area contributed by atoms with E-state index in [4.69, 9.17) is 4.98 Å². The number of thiazole rings is 1. The molecule has 138 valence electrons. The van der Waals surface area contributed by atoms with Gasteiger partial charge in [-0.05, 0) is 18.9 Å². The first-order valence-corrected chi connectivity index (χ1v) is 10.1. The second-order valence-electron chi connectivity index (χ2n) is 6.93. The van der Waals surface area contributed by atoms with Crippen molar-refractivity contribution in [2.45, 2.75) is 63.7 Å². The van der Waals surface area contributed by atoms with Gasteiger partial charge in [0.2, 0.25) is 0 Å². The molecule has 3 heterocycles. The highest BCUT2D eigenvalue weighted by Crippen LogP contribution is 2.32. The molecule has 0 bridgehead atoms. The van der Waals surface area contributed by atoms with Crippen LogP contribution in [0.25, 0.3) is 16.5 Å². The van der Waals surface area contributed by atoms with Crippen LogP contribution in [0.1, 0.15) is 74.3 Å². The summed E-state index contributed by atoms with van der Waals surface area (Å²) in [5.74, 6) is 1.02. The number of aromatic nitrogens is 4. The normalized spacial score (nSPS) is 17.3. The lowest BCUT2D eigenvalue weighted by molar-refractivity contribution is 0.155. The maximum atomic E-state index is 13.0. The van der Waals surface area contributed by atoms with Crippen LogP contribution >= 0.6 is 11.3 Å². The third-order valence-electron chi connectivity index (χ3n) is 5.12. The fourth-order valence-corrected chi connectivity index (χ4v) is 4.53. The number of rotatable bonds is 3. The van der Waals surface area contributed by atoms with Crippen molar-refractivity contribution in [3.8, 4) is 11.5 Å². The van der Waals surface area contributed by atoms with Gasteiger partial charge in [0.15, 0.2) is 10.8 Å². The standard InChI is InChI=1S/C19H22F2N4S/c20-17(21)16-12-25-15(11-23-19(25)26-16)18-22-10-9-14(24-18)13-7-5-3-1-2-4-6-8-13/h9-13,17H,1-8H2. The summed E-state index contributed by atoms with van der Waals surface area (Å²) in [5, 5.41) is 0. The predicted octanol–water partition coefficient (Wildman–Crippen LogP) is 6.01. The fourth-order valence-electron chi connectivity index (χ4n) is 3.72. The Balaban J connectivity index is 1.64. The van der Waals surface area contributed by atoms with Gasteiger partial charge < -0.3 is 0 Å². The number of hydrogen-bond donors (Lipinski definition) is 0. The molecule has 0 atom stereocenters. The van der Waals surface area contributed by atoms with Crippen molar-refractivity contribution in [2.75, 3.05) is 0 Å². The molecule has 4 rings (SSSR count). The van der Waals surface area contributed by atoms with Gasteiger partial charge in [-0.1, -0.05) is 49.9 Å². The van der Waals surface area contributed by atoms with Crippen LogP contribution in [-0.4, -0.2) is 19.4 Å². The van der Waals surface area contributed by atoms with Gasteiger partial charge >= 0.3 is 0 Å². The first-order valence-electron chi connectivity index (χ1n) is 9.30. The third kappa shape index (κ3) is 3.63. The van der Waals surface area contributed by atoms with Gasteiger partial charge in [0.25, 0.3) is 6.43 Å². The maximum Gasteiger partial charge on any atom is 0.274 e. The van der Waals surface area contributed by atoms with Crippen molar-refractivity contribution in [2.24, 2.45) is 0 Å². The molecule has 4 nitrogen and oxygen atoms in total. The summed E-state index contributed by atoms with van der Waals surface area (Å²) in [5.41, 5.74) is 1.74. The van der Waals surface area contributed by atoms with E-state index in [9.17, 15) is 8.78 Å². The molecule has 0 amide bonds. The first kappa shape index (κ1) is 17.5. The van der Waals surface area contributed by atoms with Crippen molar-refractivity contribution in [1.82, 2.24) is 19.4 Å². The molecule has 0 aromatic carbocycles. The van der Waals surface area contributed by atoms with Crippen molar-refractivity contribution in [3.05, 3.63) is 35.2 Å². The maximum absolute atomic E-state index is 13.0. The minimum absolute atomic E-state index is 0.0155. The van der Waals surface area contributed by atoms with Crippen LogP contribution in [0.2, 0.25) is 0 Å². The fraction of sp³-hybridized carbons (Fsp3) is 0.526. The zero-order valence-corrected chi connectivity index (χ0v) is 15.4. The third-order valence-corrected chi connectivity index (χ3v) is 6.13. The summed E-state index contributed by atoms with van der Waals surface area (Å²) in [4.78, 5) is 14.0. The largest absolute Gasteiger partial charge is 0.287 e. The Hall–Kier alpha value is -1.89. The van der Waals surface area contributed by atoms with Gasteiger partial charge in [-0.2, -0.15) is 0 Å². The smallest absolute Gasteiger partial charge is 0.274 e. The van der Waals surface area contributed by atoms with Crippen molar-refractivity contribution < 1.29 is 8.78 Å². The summed E-state index contributed by atoms with van der Waals surface area (Å²) in [6, 6.07) is 2.00. The quantitative estimate of drug-likeness (QED) is 0.562. The molecule has 3 aromatic heterocycles. The SMILES string of the molecule is FC(F)c1cn2c(-c3nccc(C4CCCCCCCC4)n3)cnc2s1. The minimum Gasteiger partial charge on any atom is -0.287 e. The van der Waals surface area contributed by atoms with Crippen LogP contribution in [-0.2, 0) is 0 Å². The van der Waals surface area contributed by atoms with E-state index in [1.54, 1.807) is 16.8 Å². The lowest BCUT2D eigenvalue weighted by Crippen LogP contribution is -2.04. The molecular weight excluding hydrogens is 354 g/mol. The van der Waals surface area contributed by atoms with Crippen LogP contribution in [0.5, 0.6) is 0 Å². The first-order chi connectivity index (χ1) is 12.7. The van der Waals surface area contributed by atoms with Gasteiger partial charge in [-0.3, -0.25) is 4.40 Å². The lowest BCUT2D eigenvalue weighted by atomic mass is 9.93. The van der Waals surface area contributed by atoms with E-state index in [1.165, 1.54) is 44.7 Å². The van der Waals surface area contributed by atoms with Crippen LogP contribution in [0.4, 0.5) is 8.78 Å². The topological polar surface area (TPSA) is 43.1 Å². The highest BCUT2D eigenvalue weighted by Gasteiger charge is 2.19. The number of imidazole rings is 1. The zero-order valence-electron chi connectivity index (χ0n) is 14.6. The number of alkyl halides is 2. The van der Waals surface area contributed by atoms with E-state index in [0.29, 0.717) is 22.4 Å². The van der Waals surface area contributed by atoms with Crippen molar-refractivity contribution in [3.63, 3.8) is 0 Å². The summed E-state index contributed by atoms with van der Waals surface area (Å²) in [6.07, 6.45) is 12.5. The van der Waals surface area contributed by atoms with Crippen LogP contribution < -0.4 is 0 Å². The molecule has 0 spiro atoms. The number of halogens is 2. The Labute approximate surface area is 155 Å². The van der Waals surface area contributed by atoms with E-state index in [2.05, 4.69) is 9.97 Å². The van der Waals surface area contributed by atoms with Crippen LogP contribution in [0, 0.1) is 0 Å². The molecule has 1 fully saturated rings. The summed E-state index contributed by atoms with van der Waals surface area (Å²) >= 11 is 1.01. The molecule has 1 aliphatic rings. The van der Waals surface area contributed by atoms with E-state index in [1.807, 2.05) is 6.07 Å². The second kappa shape index (κ2) is 7.78. The molecule has 0 unspecified atom stereocenters. The number of fused-ring (bicyclic) bond motifs is 1. The Morgan fingerprint density at radius 1 is 1.04 bits per heavy atom. The highest BCUT2D eigenvalue weighted by molar-refractivity contribution is 7.17. The Kier molecular flexibility index (Phi) is 5.24. The van der Waals surface area contributed by atoms with E-state index in [-0.39, 0.29) is 4.88 Å². The molecule has 0 radical (unpaired) electrons. The van der Waals surface area contributed by atoms with Gasteiger partial charge in [0.05, 0.1) is 11.1 Å². The molecule has 0 aliphatic heterocycles. The van der Waals surface area contributed by atoms with Gasteiger partial charge in [-0.25, -0.2) is 23.7 Å². The lowest BCUT2D eigenvalue weighted by Gasteiger charge is -2.15. The molecule has 0 saturated heterocycles. The molecule has 7 heteroatoms. The highest BCUT2D eigenvalue weighted by atomic mass is 32.1. The molecule has 1 aliphatic carbocycles. The average Bonchev–Trinajstić information content (AvgIpc) is 3.25. The zero-order chi connectivity index (χ0) is 17.9. The van der Waals surface area contributed by atoms with Crippen LogP contribution in [0.3, 0.4) is 0 Å². The monoisotopic (exact) mass is 376 g/mol. The van der Waals surface area contributed by atoms with Gasteiger partial charge in [0, 0.05) is 24.0 Å². The second-order valence-corrected chi connectivity index (χ2v) is 7.97. The average molecular weight is 376 g/mol. The van der Waals surface area contributed by atoms with Crippen molar-refractivity contribution >= 4 is 16.3 Å².